The maximum absolute atomic E-state index is 12.0. The van der Waals surface area contributed by atoms with E-state index in [0.29, 0.717) is 10.8 Å². The maximum atomic E-state index is 12.0. The van der Waals surface area contributed by atoms with E-state index in [9.17, 15) is 4.79 Å². The smallest absolute Gasteiger partial charge is 0.298 e. The first-order chi connectivity index (χ1) is 10.3. The van der Waals surface area contributed by atoms with Crippen molar-refractivity contribution in [2.75, 3.05) is 11.6 Å². The van der Waals surface area contributed by atoms with E-state index in [1.165, 1.54) is 23.1 Å². The molecule has 0 aliphatic rings. The summed E-state index contributed by atoms with van der Waals surface area (Å²) in [7, 11) is 0. The molecule has 106 valence electrons. The highest BCUT2D eigenvalue weighted by Crippen LogP contribution is 2.23. The zero-order valence-electron chi connectivity index (χ0n) is 10.7. The number of rotatable bonds is 4. The fraction of sp³-hybridized carbons (Fsp3) is 0.0909. The van der Waals surface area contributed by atoms with Gasteiger partial charge in [0.25, 0.3) is 17.6 Å². The van der Waals surface area contributed by atoms with Gasteiger partial charge >= 0.3 is 0 Å². The number of thioether (sulfide) groups is 1. The molecule has 0 spiro atoms. The average Bonchev–Trinajstić information content (AvgIpc) is 3.17. The van der Waals surface area contributed by atoms with Crippen LogP contribution in [-0.2, 0) is 0 Å². The van der Waals surface area contributed by atoms with Crippen LogP contribution in [0.5, 0.6) is 0 Å². The largest absolute Gasteiger partial charge is 0.332 e. The van der Waals surface area contributed by atoms with Crippen LogP contribution in [0, 0.1) is 0 Å². The van der Waals surface area contributed by atoms with Crippen molar-refractivity contribution in [3.8, 4) is 11.6 Å². The zero-order chi connectivity index (χ0) is 14.7. The lowest BCUT2D eigenvalue weighted by atomic mass is 10.3. The van der Waals surface area contributed by atoms with Crippen molar-refractivity contribution in [3.63, 3.8) is 0 Å². The van der Waals surface area contributed by atoms with E-state index in [2.05, 4.69) is 30.6 Å². The number of carbonyl (C=O) groups excluding carboxylic acids is 1. The summed E-state index contributed by atoms with van der Waals surface area (Å²) in [5.74, 6) is -0.413. The molecular weight excluding hydrogens is 312 g/mol. The van der Waals surface area contributed by atoms with Gasteiger partial charge in [-0.15, -0.1) is 10.2 Å². The summed E-state index contributed by atoms with van der Waals surface area (Å²) in [5, 5.41) is 14.3. The highest BCUT2D eigenvalue weighted by atomic mass is 32.2. The molecular formula is C11H8N6O2S2. The van der Waals surface area contributed by atoms with Crippen LogP contribution in [0.3, 0.4) is 0 Å². The Kier molecular flexibility index (Phi) is 3.88. The zero-order valence-corrected chi connectivity index (χ0v) is 12.3. The molecule has 0 fully saturated rings. The van der Waals surface area contributed by atoms with Gasteiger partial charge in [0.1, 0.15) is 5.69 Å². The molecule has 21 heavy (non-hydrogen) atoms. The lowest BCUT2D eigenvalue weighted by Crippen LogP contribution is -2.13. The van der Waals surface area contributed by atoms with Gasteiger partial charge in [0.2, 0.25) is 5.13 Å². The van der Waals surface area contributed by atoms with Crippen LogP contribution in [0.1, 0.15) is 10.6 Å². The van der Waals surface area contributed by atoms with Gasteiger partial charge in [0.05, 0.1) is 0 Å². The van der Waals surface area contributed by atoms with Crippen molar-refractivity contribution >= 4 is 34.1 Å². The van der Waals surface area contributed by atoms with E-state index in [1.807, 2.05) is 6.26 Å². The number of nitrogens with one attached hydrogen (secondary N) is 1. The maximum Gasteiger partial charge on any atom is 0.298 e. The van der Waals surface area contributed by atoms with Gasteiger partial charge in [0.15, 0.2) is 4.34 Å². The highest BCUT2D eigenvalue weighted by molar-refractivity contribution is 8.00. The molecule has 0 aliphatic carbocycles. The Labute approximate surface area is 127 Å². The van der Waals surface area contributed by atoms with Gasteiger partial charge < -0.3 is 4.52 Å². The minimum absolute atomic E-state index is 0.0865. The predicted molar refractivity (Wildman–Crippen MR) is 77.2 cm³/mol. The van der Waals surface area contributed by atoms with Crippen LogP contribution in [0.25, 0.3) is 11.6 Å². The van der Waals surface area contributed by atoms with E-state index in [1.54, 1.807) is 24.4 Å². The lowest BCUT2D eigenvalue weighted by molar-refractivity contribution is 0.101. The summed E-state index contributed by atoms with van der Waals surface area (Å²) in [5.41, 5.74) is 0.504. The summed E-state index contributed by atoms with van der Waals surface area (Å²) in [6.45, 7) is 0. The van der Waals surface area contributed by atoms with Crippen molar-refractivity contribution in [3.05, 3.63) is 30.2 Å². The minimum Gasteiger partial charge on any atom is -0.332 e. The summed E-state index contributed by atoms with van der Waals surface area (Å²) in [4.78, 5) is 20.0. The average molecular weight is 320 g/mol. The van der Waals surface area contributed by atoms with Gasteiger partial charge in [-0.3, -0.25) is 15.1 Å². The lowest BCUT2D eigenvalue weighted by Gasteiger charge is -1.93. The number of amides is 1. The first-order valence-electron chi connectivity index (χ1n) is 5.70. The third-order valence-electron chi connectivity index (χ3n) is 2.31. The minimum atomic E-state index is -0.510. The van der Waals surface area contributed by atoms with Gasteiger partial charge in [-0.2, -0.15) is 4.98 Å². The highest BCUT2D eigenvalue weighted by Gasteiger charge is 2.17. The molecule has 3 rings (SSSR count). The van der Waals surface area contributed by atoms with Crippen LogP contribution in [0.2, 0.25) is 0 Å². The number of nitrogens with zero attached hydrogens (tertiary/aromatic N) is 5. The van der Waals surface area contributed by atoms with Crippen molar-refractivity contribution in [1.29, 1.82) is 0 Å². The number of anilines is 1. The van der Waals surface area contributed by atoms with Gasteiger partial charge in [0, 0.05) is 6.20 Å². The molecule has 0 saturated carbocycles. The Morgan fingerprint density at radius 3 is 3.00 bits per heavy atom. The standard InChI is InChI=1S/C11H8N6O2S2/c1-20-11-16-15-10(21-11)14-8(18)7-13-9(19-17-7)6-4-2-3-5-12-6/h2-5H,1H3,(H,14,15,18). The third kappa shape index (κ3) is 3.06. The van der Waals surface area contributed by atoms with Crippen molar-refractivity contribution in [2.24, 2.45) is 0 Å². The van der Waals surface area contributed by atoms with E-state index in [-0.39, 0.29) is 11.7 Å². The summed E-state index contributed by atoms with van der Waals surface area (Å²) in [6.07, 6.45) is 3.48. The topological polar surface area (TPSA) is 107 Å². The summed E-state index contributed by atoms with van der Waals surface area (Å²) in [6, 6.07) is 5.27. The molecule has 10 heteroatoms. The second-order valence-electron chi connectivity index (χ2n) is 3.67. The number of carbonyl (C=O) groups is 1. The number of aromatic nitrogens is 5. The molecule has 8 nitrogen and oxygen atoms in total. The Balaban J connectivity index is 1.75. The van der Waals surface area contributed by atoms with Crippen LogP contribution >= 0.6 is 23.1 Å². The molecule has 3 heterocycles. The van der Waals surface area contributed by atoms with E-state index in [0.717, 1.165) is 4.34 Å². The van der Waals surface area contributed by atoms with E-state index in [4.69, 9.17) is 4.52 Å². The molecule has 0 saturated heterocycles. The molecule has 1 amide bonds. The fourth-order valence-electron chi connectivity index (χ4n) is 1.40. The van der Waals surface area contributed by atoms with Crippen LogP contribution in [0.15, 0.2) is 33.3 Å². The normalized spacial score (nSPS) is 10.5. The molecule has 0 atom stereocenters. The molecule has 3 aromatic rings. The van der Waals surface area contributed by atoms with Gasteiger partial charge in [-0.1, -0.05) is 34.3 Å². The van der Waals surface area contributed by atoms with Crippen LogP contribution in [0.4, 0.5) is 5.13 Å². The quantitative estimate of drug-likeness (QED) is 0.574. The monoisotopic (exact) mass is 320 g/mol. The Morgan fingerprint density at radius 1 is 1.38 bits per heavy atom. The molecule has 0 aliphatic heterocycles. The molecule has 0 radical (unpaired) electrons. The SMILES string of the molecule is CSc1nnc(NC(=O)c2noc(-c3ccccn3)n2)s1. The number of hydrogen-bond donors (Lipinski definition) is 1. The van der Waals surface area contributed by atoms with Crippen LogP contribution in [-0.4, -0.2) is 37.5 Å². The van der Waals surface area contributed by atoms with E-state index < -0.39 is 5.91 Å². The van der Waals surface area contributed by atoms with Crippen molar-refractivity contribution < 1.29 is 9.32 Å². The van der Waals surface area contributed by atoms with E-state index >= 15 is 0 Å². The number of pyridine rings is 1. The number of hydrogen-bond acceptors (Lipinski definition) is 9. The van der Waals surface area contributed by atoms with Gasteiger partial charge in [-0.05, 0) is 18.4 Å². The van der Waals surface area contributed by atoms with Crippen molar-refractivity contribution in [1.82, 2.24) is 25.3 Å². The first kappa shape index (κ1) is 13.6. The second-order valence-corrected chi connectivity index (χ2v) is 5.70. The van der Waals surface area contributed by atoms with Crippen molar-refractivity contribution in [2.45, 2.75) is 4.34 Å². The van der Waals surface area contributed by atoms with Gasteiger partial charge in [-0.25, -0.2) is 0 Å². The third-order valence-corrected chi connectivity index (χ3v) is 4.13. The second kappa shape index (κ2) is 5.97. The molecule has 0 bridgehead atoms. The first-order valence-corrected chi connectivity index (χ1v) is 7.74. The Bertz CT molecular complexity index is 757. The molecule has 0 aromatic carbocycles. The van der Waals surface area contributed by atoms with Crippen LogP contribution < -0.4 is 5.32 Å². The Morgan fingerprint density at radius 2 is 2.29 bits per heavy atom. The predicted octanol–water partition coefficient (Wildman–Crippen LogP) is 1.96. The molecule has 3 aromatic heterocycles. The fourth-order valence-corrected chi connectivity index (χ4v) is 2.57. The Hall–Kier alpha value is -2.33. The molecule has 1 N–H and O–H groups in total. The summed E-state index contributed by atoms with van der Waals surface area (Å²) < 4.78 is 5.77. The molecule has 0 unspecified atom stereocenters. The summed E-state index contributed by atoms with van der Waals surface area (Å²) >= 11 is 2.72.